The van der Waals surface area contributed by atoms with Gasteiger partial charge in [-0.15, -0.1) is 5.10 Å². The molecule has 0 fully saturated rings. The van der Waals surface area contributed by atoms with Gasteiger partial charge in [0.05, 0.1) is 12.4 Å². The van der Waals surface area contributed by atoms with Crippen molar-refractivity contribution in [1.82, 2.24) is 14.6 Å². The minimum absolute atomic E-state index is 0.188. The Morgan fingerprint density at radius 1 is 1.38 bits per heavy atom. The Morgan fingerprint density at radius 3 is 2.81 bits per heavy atom. The summed E-state index contributed by atoms with van der Waals surface area (Å²) < 4.78 is 14.0. The van der Waals surface area contributed by atoms with Crippen molar-refractivity contribution in [3.05, 3.63) is 41.8 Å². The van der Waals surface area contributed by atoms with Gasteiger partial charge in [0, 0.05) is 37.8 Å². The molecule has 2 rings (SSSR count). The van der Waals surface area contributed by atoms with Gasteiger partial charge in [0.15, 0.2) is 5.82 Å². The molecular formula is C18H24FN7. The number of nitrogens with zero attached hydrogens (tertiary/aromatic N) is 5. The summed E-state index contributed by atoms with van der Waals surface area (Å²) in [7, 11) is 3.50. The van der Waals surface area contributed by atoms with Crippen LogP contribution in [0, 0.1) is 0 Å². The highest BCUT2D eigenvalue weighted by Crippen LogP contribution is 2.21. The van der Waals surface area contributed by atoms with E-state index in [0.29, 0.717) is 12.2 Å². The minimum atomic E-state index is -0.374. The van der Waals surface area contributed by atoms with Crippen LogP contribution in [0.15, 0.2) is 46.2 Å². The average Bonchev–Trinajstić information content (AvgIpc) is 3.03. The van der Waals surface area contributed by atoms with Gasteiger partial charge in [-0.1, -0.05) is 5.57 Å². The van der Waals surface area contributed by atoms with Gasteiger partial charge in [-0.2, -0.15) is 4.98 Å². The molecule has 0 saturated carbocycles. The van der Waals surface area contributed by atoms with Gasteiger partial charge in [0.25, 0.3) is 0 Å². The Morgan fingerprint density at radius 2 is 2.15 bits per heavy atom. The summed E-state index contributed by atoms with van der Waals surface area (Å²) in [5.74, 6) is 0.815. The first kappa shape index (κ1) is 19.3. The quantitative estimate of drug-likeness (QED) is 0.745. The number of nitrogen functional groups attached to an aromatic ring is 1. The van der Waals surface area contributed by atoms with Crippen LogP contribution in [0.1, 0.15) is 25.8 Å². The van der Waals surface area contributed by atoms with Gasteiger partial charge in [0.1, 0.15) is 5.52 Å². The highest BCUT2D eigenvalue weighted by atomic mass is 19.1. The van der Waals surface area contributed by atoms with Crippen LogP contribution in [-0.4, -0.2) is 46.8 Å². The summed E-state index contributed by atoms with van der Waals surface area (Å²) in [6.07, 6.45) is 7.64. The molecule has 26 heavy (non-hydrogen) atoms. The second-order valence-electron chi connectivity index (χ2n) is 5.72. The lowest BCUT2D eigenvalue weighted by atomic mass is 10.1. The maximum absolute atomic E-state index is 12.3. The lowest BCUT2D eigenvalue weighted by Crippen LogP contribution is -2.07. The summed E-state index contributed by atoms with van der Waals surface area (Å²) >= 11 is 0. The van der Waals surface area contributed by atoms with E-state index in [4.69, 9.17) is 5.73 Å². The van der Waals surface area contributed by atoms with Crippen molar-refractivity contribution in [3.8, 4) is 0 Å². The third-order valence-electron chi connectivity index (χ3n) is 3.74. The summed E-state index contributed by atoms with van der Waals surface area (Å²) in [5.41, 5.74) is 9.85. The molecule has 7 nitrogen and oxygen atoms in total. The van der Waals surface area contributed by atoms with Gasteiger partial charge in [-0.3, -0.25) is 14.4 Å². The molecule has 0 aliphatic carbocycles. The number of halogens is 1. The van der Waals surface area contributed by atoms with Crippen LogP contribution in [0.25, 0.3) is 5.52 Å². The minimum Gasteiger partial charge on any atom is -0.371 e. The molecule has 0 spiro atoms. The maximum Gasteiger partial charge on any atom is 0.240 e. The molecule has 0 saturated heterocycles. The van der Waals surface area contributed by atoms with E-state index in [9.17, 15) is 4.39 Å². The molecule has 2 heterocycles. The highest BCUT2D eigenvalue weighted by Gasteiger charge is 2.13. The first-order valence-electron chi connectivity index (χ1n) is 8.24. The van der Waals surface area contributed by atoms with Crippen LogP contribution in [0.3, 0.4) is 0 Å². The lowest BCUT2D eigenvalue weighted by molar-refractivity contribution is 0.494. The molecular weight excluding hydrogens is 333 g/mol. The van der Waals surface area contributed by atoms with Gasteiger partial charge in [-0.05, 0) is 38.5 Å². The third kappa shape index (κ3) is 4.53. The molecule has 0 aliphatic heterocycles. The zero-order valence-electron chi connectivity index (χ0n) is 15.5. The second kappa shape index (κ2) is 8.89. The topological polar surface area (TPSA) is 93.0 Å². The summed E-state index contributed by atoms with van der Waals surface area (Å²) in [6, 6.07) is 1.91. The fourth-order valence-corrected chi connectivity index (χ4v) is 2.38. The molecule has 0 atom stereocenters. The maximum atomic E-state index is 12.3. The van der Waals surface area contributed by atoms with E-state index in [1.54, 1.807) is 24.8 Å². The number of hydrogen-bond acceptors (Lipinski definition) is 6. The number of nitrogens with one attached hydrogen (secondary N) is 1. The summed E-state index contributed by atoms with van der Waals surface area (Å²) in [4.78, 5) is 12.9. The predicted molar refractivity (Wildman–Crippen MR) is 106 cm³/mol. The van der Waals surface area contributed by atoms with E-state index in [-0.39, 0.29) is 12.6 Å². The number of alkyl halides is 1. The Balaban J connectivity index is 2.34. The van der Waals surface area contributed by atoms with Gasteiger partial charge >= 0.3 is 0 Å². The van der Waals surface area contributed by atoms with E-state index in [2.05, 4.69) is 25.4 Å². The molecule has 0 amide bonds. The van der Waals surface area contributed by atoms with E-state index in [1.165, 1.54) is 0 Å². The molecule has 3 N–H and O–H groups in total. The molecule has 2 aromatic heterocycles. The van der Waals surface area contributed by atoms with Crippen LogP contribution < -0.4 is 11.1 Å². The number of hydrogen-bond donors (Lipinski definition) is 2. The highest BCUT2D eigenvalue weighted by molar-refractivity contribution is 6.16. The van der Waals surface area contributed by atoms with Crippen LogP contribution >= 0.6 is 0 Å². The molecule has 2 aromatic rings. The van der Waals surface area contributed by atoms with Crippen molar-refractivity contribution >= 4 is 28.7 Å². The Bertz CT molecular complexity index is 890. The smallest absolute Gasteiger partial charge is 0.240 e. The number of anilines is 2. The standard InChI is InChI=1S/C18H24FN7/c1-12(7-9-19)11-23-13(2)5-6-15(21-3)14-8-10-26-16(14)17(22-4)24-18(20)25-26/h5-6,8,10-11H,7,9H2,1-4H3,(H3,20,22,24,25)/b6-5-,12-11+,21-15?,23-13-. The molecule has 0 unspecified atom stereocenters. The average molecular weight is 357 g/mol. The normalized spacial score (nSPS) is 13.8. The van der Waals surface area contributed by atoms with Crippen molar-refractivity contribution in [2.45, 2.75) is 20.3 Å². The van der Waals surface area contributed by atoms with Crippen LogP contribution in [-0.2, 0) is 0 Å². The van der Waals surface area contributed by atoms with E-state index >= 15 is 0 Å². The summed E-state index contributed by atoms with van der Waals surface area (Å²) in [5, 5.41) is 7.22. The zero-order valence-corrected chi connectivity index (χ0v) is 15.5. The molecule has 138 valence electrons. The Hall–Kier alpha value is -3.03. The first-order chi connectivity index (χ1) is 12.5. The SMILES string of the molecule is CN=C(\C=C/C(C)=N\C=C(/C)CCF)c1ccn2nc(N)nc(NC)c12. The molecule has 0 radical (unpaired) electrons. The number of fused-ring (bicyclic) bond motifs is 1. The van der Waals surface area contributed by atoms with Crippen LogP contribution in [0.5, 0.6) is 0 Å². The third-order valence-corrected chi connectivity index (χ3v) is 3.74. The van der Waals surface area contributed by atoms with Crippen molar-refractivity contribution in [1.29, 1.82) is 0 Å². The van der Waals surface area contributed by atoms with Crippen molar-refractivity contribution in [2.75, 3.05) is 31.8 Å². The zero-order chi connectivity index (χ0) is 19.1. The lowest BCUT2D eigenvalue weighted by Gasteiger charge is -2.06. The summed E-state index contributed by atoms with van der Waals surface area (Å²) in [6.45, 7) is 3.36. The fraction of sp³-hybridized carbons (Fsp3) is 0.333. The molecule has 0 aromatic carbocycles. The molecule has 0 bridgehead atoms. The monoisotopic (exact) mass is 357 g/mol. The first-order valence-corrected chi connectivity index (χ1v) is 8.24. The van der Waals surface area contributed by atoms with E-state index < -0.39 is 0 Å². The number of allylic oxidation sites excluding steroid dienone is 3. The van der Waals surface area contributed by atoms with E-state index in [0.717, 1.165) is 28.1 Å². The van der Waals surface area contributed by atoms with Gasteiger partial charge < -0.3 is 11.1 Å². The van der Waals surface area contributed by atoms with Gasteiger partial charge in [0.2, 0.25) is 5.95 Å². The predicted octanol–water partition coefficient (Wildman–Crippen LogP) is 3.05. The molecule has 0 aliphatic rings. The van der Waals surface area contributed by atoms with Crippen molar-refractivity contribution < 1.29 is 4.39 Å². The van der Waals surface area contributed by atoms with Crippen LogP contribution in [0.2, 0.25) is 0 Å². The largest absolute Gasteiger partial charge is 0.371 e. The Kier molecular flexibility index (Phi) is 6.60. The van der Waals surface area contributed by atoms with Crippen molar-refractivity contribution in [3.63, 3.8) is 0 Å². The van der Waals surface area contributed by atoms with Crippen LogP contribution in [0.4, 0.5) is 16.2 Å². The number of nitrogens with two attached hydrogens (primary N) is 1. The second-order valence-corrected chi connectivity index (χ2v) is 5.72. The van der Waals surface area contributed by atoms with Crippen molar-refractivity contribution in [2.24, 2.45) is 9.98 Å². The number of rotatable bonds is 7. The van der Waals surface area contributed by atoms with Gasteiger partial charge in [-0.25, -0.2) is 4.52 Å². The fourth-order valence-electron chi connectivity index (χ4n) is 2.38. The van der Waals surface area contributed by atoms with E-state index in [1.807, 2.05) is 38.3 Å². The number of aliphatic imine (C=N–C) groups is 2. The number of aromatic nitrogens is 3. The Labute approximate surface area is 152 Å². The molecule has 8 heteroatoms.